The normalized spacial score (nSPS) is 15.3. The van der Waals surface area contributed by atoms with Crippen molar-refractivity contribution in [3.05, 3.63) is 39.9 Å². The summed E-state index contributed by atoms with van der Waals surface area (Å²) in [5, 5.41) is 11.0. The highest BCUT2D eigenvalue weighted by molar-refractivity contribution is 6.44. The number of carbonyl (C=O) groups excluding carboxylic acids is 3. The van der Waals surface area contributed by atoms with Crippen molar-refractivity contribution in [1.29, 1.82) is 0 Å². The van der Waals surface area contributed by atoms with Crippen molar-refractivity contribution < 1.29 is 32.5 Å². The van der Waals surface area contributed by atoms with E-state index in [2.05, 4.69) is 0 Å². The lowest BCUT2D eigenvalue weighted by Crippen LogP contribution is -2.45. The van der Waals surface area contributed by atoms with Crippen LogP contribution in [0, 0.1) is 10.1 Å². The molecule has 12 heteroatoms. The smallest absolute Gasteiger partial charge is 0.272 e. The van der Waals surface area contributed by atoms with Crippen LogP contribution in [-0.2, 0) is 16.1 Å². The van der Waals surface area contributed by atoms with Gasteiger partial charge in [0.25, 0.3) is 5.69 Å². The minimum Gasteiger partial charge on any atom is -0.272 e. The molecular formula is C14H13F3N4O5. The third kappa shape index (κ3) is 4.14. The molecule has 0 aromatic heterocycles. The summed E-state index contributed by atoms with van der Waals surface area (Å²) in [5.74, 6) is -2.42. The SMILES string of the molecule is CN1C(=O)C(=O)N(CN(Cc2ccccc2[N+](=O)[O-])CC(F)(F)F)C1=O. The van der Waals surface area contributed by atoms with Crippen LogP contribution in [0.5, 0.6) is 0 Å². The summed E-state index contributed by atoms with van der Waals surface area (Å²) in [6.45, 7) is -2.92. The highest BCUT2D eigenvalue weighted by Crippen LogP contribution is 2.24. The van der Waals surface area contributed by atoms with Crippen LogP contribution in [0.4, 0.5) is 23.7 Å². The third-order valence-corrected chi connectivity index (χ3v) is 3.58. The van der Waals surface area contributed by atoms with Gasteiger partial charge in [-0.05, 0) is 0 Å². The number of urea groups is 1. The van der Waals surface area contributed by atoms with Gasteiger partial charge < -0.3 is 0 Å². The molecule has 1 saturated heterocycles. The van der Waals surface area contributed by atoms with E-state index in [1.807, 2.05) is 0 Å². The van der Waals surface area contributed by atoms with Gasteiger partial charge in [-0.25, -0.2) is 9.69 Å². The summed E-state index contributed by atoms with van der Waals surface area (Å²) >= 11 is 0. The lowest BCUT2D eigenvalue weighted by atomic mass is 10.1. The van der Waals surface area contributed by atoms with Gasteiger partial charge in [0.1, 0.15) is 0 Å². The molecule has 1 aromatic rings. The number of nitro benzene ring substituents is 1. The number of benzene rings is 1. The number of likely N-dealkylation sites (N-methyl/N-ethyl adjacent to an activating group) is 1. The highest BCUT2D eigenvalue weighted by atomic mass is 19.4. The van der Waals surface area contributed by atoms with Crippen molar-refractivity contribution in [2.24, 2.45) is 0 Å². The molecule has 0 spiro atoms. The van der Waals surface area contributed by atoms with E-state index in [0.717, 1.165) is 13.1 Å². The lowest BCUT2D eigenvalue weighted by Gasteiger charge is -2.26. The van der Waals surface area contributed by atoms with Crippen molar-refractivity contribution in [3.63, 3.8) is 0 Å². The van der Waals surface area contributed by atoms with Crippen LogP contribution in [0.25, 0.3) is 0 Å². The van der Waals surface area contributed by atoms with Gasteiger partial charge in [-0.1, -0.05) is 18.2 Å². The van der Waals surface area contributed by atoms with Gasteiger partial charge in [-0.3, -0.25) is 29.5 Å². The number of hydrogen-bond donors (Lipinski definition) is 0. The Labute approximate surface area is 144 Å². The Kier molecular flexibility index (Phi) is 5.25. The van der Waals surface area contributed by atoms with E-state index in [9.17, 15) is 37.7 Å². The quantitative estimate of drug-likeness (QED) is 0.322. The topological polar surface area (TPSA) is 104 Å². The molecule has 140 valence electrons. The maximum absolute atomic E-state index is 12.8. The van der Waals surface area contributed by atoms with E-state index in [-0.39, 0.29) is 5.56 Å². The molecular weight excluding hydrogens is 361 g/mol. The Bertz CT molecular complexity index is 767. The summed E-state index contributed by atoms with van der Waals surface area (Å²) in [6.07, 6.45) is -4.69. The van der Waals surface area contributed by atoms with E-state index in [0.29, 0.717) is 14.7 Å². The number of amides is 4. The van der Waals surface area contributed by atoms with E-state index in [1.165, 1.54) is 18.2 Å². The summed E-state index contributed by atoms with van der Waals surface area (Å²) in [7, 11) is 1.03. The number of nitrogens with zero attached hydrogens (tertiary/aromatic N) is 4. The Hall–Kier alpha value is -3.02. The van der Waals surface area contributed by atoms with Crippen LogP contribution in [0.2, 0.25) is 0 Å². The zero-order valence-electron chi connectivity index (χ0n) is 13.4. The van der Waals surface area contributed by atoms with Crippen LogP contribution in [0.3, 0.4) is 0 Å². The molecule has 4 amide bonds. The third-order valence-electron chi connectivity index (χ3n) is 3.58. The molecule has 0 aliphatic carbocycles. The molecule has 0 bridgehead atoms. The molecule has 1 aliphatic heterocycles. The number of carbonyl (C=O) groups is 3. The monoisotopic (exact) mass is 374 g/mol. The Balaban J connectivity index is 2.28. The fraction of sp³-hybridized carbons (Fsp3) is 0.357. The van der Waals surface area contributed by atoms with Gasteiger partial charge in [0.15, 0.2) is 0 Å². The molecule has 0 saturated carbocycles. The Morgan fingerprint density at radius 3 is 2.27 bits per heavy atom. The van der Waals surface area contributed by atoms with Crippen LogP contribution < -0.4 is 0 Å². The summed E-state index contributed by atoms with van der Waals surface area (Å²) in [5.41, 5.74) is -0.424. The molecule has 1 aliphatic rings. The first-order chi connectivity index (χ1) is 12.0. The lowest BCUT2D eigenvalue weighted by molar-refractivity contribution is -0.385. The maximum atomic E-state index is 12.8. The molecule has 26 heavy (non-hydrogen) atoms. The molecule has 1 aromatic carbocycles. The number of rotatable bonds is 6. The van der Waals surface area contributed by atoms with Gasteiger partial charge in [0, 0.05) is 25.2 Å². The predicted molar refractivity (Wildman–Crippen MR) is 79.4 cm³/mol. The van der Waals surface area contributed by atoms with Crippen molar-refractivity contribution in [1.82, 2.24) is 14.7 Å². The predicted octanol–water partition coefficient (Wildman–Crippen LogP) is 1.34. The average Bonchev–Trinajstić information content (AvgIpc) is 2.71. The number of alkyl halides is 3. The molecule has 1 fully saturated rings. The fourth-order valence-corrected chi connectivity index (χ4v) is 2.41. The molecule has 2 rings (SSSR count). The van der Waals surface area contributed by atoms with Gasteiger partial charge in [-0.15, -0.1) is 0 Å². The van der Waals surface area contributed by atoms with Gasteiger partial charge in [0.2, 0.25) is 0 Å². The van der Waals surface area contributed by atoms with Crippen LogP contribution >= 0.6 is 0 Å². The van der Waals surface area contributed by atoms with Gasteiger partial charge >= 0.3 is 24.0 Å². The highest BCUT2D eigenvalue weighted by Gasteiger charge is 2.44. The van der Waals surface area contributed by atoms with E-state index >= 15 is 0 Å². The average molecular weight is 374 g/mol. The molecule has 0 unspecified atom stereocenters. The first kappa shape index (κ1) is 19.3. The minimum atomic E-state index is -4.69. The summed E-state index contributed by atoms with van der Waals surface area (Å²) in [4.78, 5) is 46.8. The van der Waals surface area contributed by atoms with Gasteiger partial charge in [-0.2, -0.15) is 13.2 Å². The Morgan fingerprint density at radius 2 is 1.77 bits per heavy atom. The van der Waals surface area contributed by atoms with E-state index < -0.39 is 54.4 Å². The zero-order chi connectivity index (χ0) is 19.6. The number of imide groups is 2. The molecule has 1 heterocycles. The zero-order valence-corrected chi connectivity index (χ0v) is 13.4. The number of hydrogen-bond acceptors (Lipinski definition) is 6. The second kappa shape index (κ2) is 7.07. The first-order valence-electron chi connectivity index (χ1n) is 7.16. The summed E-state index contributed by atoms with van der Waals surface area (Å²) in [6, 6.07) is 4.11. The second-order valence-corrected chi connectivity index (χ2v) is 5.51. The minimum absolute atomic E-state index is 0.0273. The van der Waals surface area contributed by atoms with E-state index in [4.69, 9.17) is 0 Å². The molecule has 0 atom stereocenters. The molecule has 0 radical (unpaired) electrons. The number of halogens is 3. The van der Waals surface area contributed by atoms with Crippen molar-refractivity contribution in [2.45, 2.75) is 12.7 Å². The second-order valence-electron chi connectivity index (χ2n) is 5.51. The standard InChI is InChI=1S/C14H13F3N4O5/c1-18-11(22)12(23)20(13(18)24)8-19(7-14(15,16)17)6-9-4-2-3-5-10(9)21(25)26/h2-5H,6-8H2,1H3. The van der Waals surface area contributed by atoms with E-state index in [1.54, 1.807) is 0 Å². The van der Waals surface area contributed by atoms with Crippen molar-refractivity contribution in [3.8, 4) is 0 Å². The van der Waals surface area contributed by atoms with Crippen molar-refractivity contribution >= 4 is 23.5 Å². The van der Waals surface area contributed by atoms with Crippen LogP contribution in [0.1, 0.15) is 5.56 Å². The number of nitro groups is 1. The molecule has 0 N–H and O–H groups in total. The largest absolute Gasteiger partial charge is 0.401 e. The summed E-state index contributed by atoms with van der Waals surface area (Å²) < 4.78 is 38.5. The first-order valence-corrected chi connectivity index (χ1v) is 7.16. The fourth-order valence-electron chi connectivity index (χ4n) is 2.41. The maximum Gasteiger partial charge on any atom is 0.401 e. The van der Waals surface area contributed by atoms with Crippen molar-refractivity contribution in [2.75, 3.05) is 20.3 Å². The van der Waals surface area contributed by atoms with Gasteiger partial charge in [0.05, 0.1) is 18.1 Å². The Morgan fingerprint density at radius 1 is 1.15 bits per heavy atom. The number of para-hydroxylation sites is 1. The van der Waals surface area contributed by atoms with Crippen LogP contribution in [0.15, 0.2) is 24.3 Å². The molecule has 9 nitrogen and oxygen atoms in total. The van der Waals surface area contributed by atoms with Crippen LogP contribution in [-0.4, -0.2) is 63.9 Å².